The van der Waals surface area contributed by atoms with Crippen LogP contribution in [0.2, 0.25) is 0 Å². The highest BCUT2D eigenvalue weighted by Crippen LogP contribution is 2.28. The lowest BCUT2D eigenvalue weighted by Crippen LogP contribution is -2.32. The molecule has 7 nitrogen and oxygen atoms in total. The second kappa shape index (κ2) is 9.90. The maximum atomic E-state index is 12.8. The van der Waals surface area contributed by atoms with Gasteiger partial charge < -0.3 is 19.8 Å². The molecule has 0 saturated heterocycles. The van der Waals surface area contributed by atoms with Crippen molar-refractivity contribution in [1.82, 2.24) is 4.90 Å². The monoisotopic (exact) mass is 413 g/mol. The number of benzene rings is 1. The molecule has 0 fully saturated rings. The van der Waals surface area contributed by atoms with E-state index in [-0.39, 0.29) is 18.4 Å². The van der Waals surface area contributed by atoms with Gasteiger partial charge in [-0.1, -0.05) is 6.07 Å². The summed E-state index contributed by atoms with van der Waals surface area (Å²) in [7, 11) is 1.53. The quantitative estimate of drug-likeness (QED) is 0.555. The minimum Gasteiger partial charge on any atom is -0.495 e. The number of carbonyl (C=O) groups excluding carboxylic acids is 2. The van der Waals surface area contributed by atoms with Gasteiger partial charge in [-0.15, -0.1) is 11.3 Å². The molecule has 0 aliphatic heterocycles. The van der Waals surface area contributed by atoms with Crippen LogP contribution in [0.15, 0.2) is 58.5 Å². The Balaban J connectivity index is 1.71. The van der Waals surface area contributed by atoms with Crippen LogP contribution in [-0.2, 0) is 22.7 Å². The molecule has 0 aliphatic carbocycles. The van der Waals surface area contributed by atoms with Crippen LogP contribution in [0.4, 0.5) is 11.4 Å². The zero-order valence-electron chi connectivity index (χ0n) is 16.3. The van der Waals surface area contributed by atoms with Crippen LogP contribution in [0.5, 0.6) is 5.75 Å². The van der Waals surface area contributed by atoms with E-state index in [1.807, 2.05) is 34.5 Å². The second-order valence-corrected chi connectivity index (χ2v) is 7.48. The number of anilines is 2. The predicted molar refractivity (Wildman–Crippen MR) is 113 cm³/mol. The number of rotatable bonds is 9. The Labute approximate surface area is 173 Å². The topological polar surface area (TPSA) is 83.8 Å². The van der Waals surface area contributed by atoms with Crippen LogP contribution >= 0.6 is 11.3 Å². The molecule has 0 unspecified atom stereocenters. The molecule has 2 aromatic heterocycles. The third-order valence-electron chi connectivity index (χ3n) is 4.08. The van der Waals surface area contributed by atoms with E-state index in [1.54, 1.807) is 35.8 Å². The van der Waals surface area contributed by atoms with Crippen LogP contribution in [0.3, 0.4) is 0 Å². The van der Waals surface area contributed by atoms with Crippen LogP contribution < -0.4 is 15.4 Å². The Bertz CT molecular complexity index is 903. The first-order valence-corrected chi connectivity index (χ1v) is 9.94. The Morgan fingerprint density at radius 1 is 1.14 bits per heavy atom. The Kier molecular flexibility index (Phi) is 7.04. The lowest BCUT2D eigenvalue weighted by atomic mass is 10.2. The molecule has 2 amide bonds. The fraction of sp³-hybridized carbons (Fsp3) is 0.238. The van der Waals surface area contributed by atoms with Crippen LogP contribution in [-0.4, -0.2) is 30.4 Å². The molecule has 3 aromatic rings. The van der Waals surface area contributed by atoms with Crippen LogP contribution in [0, 0.1) is 0 Å². The molecule has 3 rings (SSSR count). The third-order valence-corrected chi connectivity index (χ3v) is 4.94. The molecule has 2 N–H and O–H groups in total. The Morgan fingerprint density at radius 2 is 2.00 bits per heavy atom. The van der Waals surface area contributed by atoms with Crippen molar-refractivity contribution >= 4 is 34.5 Å². The minimum absolute atomic E-state index is 0.173. The lowest BCUT2D eigenvalue weighted by Gasteiger charge is -2.20. The summed E-state index contributed by atoms with van der Waals surface area (Å²) in [4.78, 5) is 27.2. The van der Waals surface area contributed by atoms with Crippen LogP contribution in [0.1, 0.15) is 17.6 Å². The molecule has 8 heteroatoms. The first kappa shape index (κ1) is 20.6. The molecular formula is C21H23N3O4S. The summed E-state index contributed by atoms with van der Waals surface area (Å²) in [5.74, 6) is 0.933. The summed E-state index contributed by atoms with van der Waals surface area (Å²) in [5, 5.41) is 7.60. The highest BCUT2D eigenvalue weighted by Gasteiger charge is 2.16. The molecule has 0 atom stereocenters. The summed E-state index contributed by atoms with van der Waals surface area (Å²) in [6.07, 6.45) is 1.62. The number of nitrogens with zero attached hydrogens (tertiary/aromatic N) is 1. The van der Waals surface area contributed by atoms with E-state index < -0.39 is 0 Å². The number of hydrogen-bond donors (Lipinski definition) is 2. The molecule has 29 heavy (non-hydrogen) atoms. The fourth-order valence-corrected chi connectivity index (χ4v) is 3.64. The zero-order valence-corrected chi connectivity index (χ0v) is 17.1. The van der Waals surface area contributed by atoms with Gasteiger partial charge in [0.05, 0.1) is 32.1 Å². The van der Waals surface area contributed by atoms with E-state index >= 15 is 0 Å². The summed E-state index contributed by atoms with van der Waals surface area (Å²) in [6.45, 7) is 2.75. The SMILES string of the molecule is COc1ccc(NC(C)=O)cc1NC(=O)CN(Cc1ccco1)Cc1cccs1. The van der Waals surface area contributed by atoms with Gasteiger partial charge in [0.2, 0.25) is 11.8 Å². The van der Waals surface area contributed by atoms with Crippen molar-refractivity contribution in [3.8, 4) is 5.75 Å². The van der Waals surface area contributed by atoms with Crippen LogP contribution in [0.25, 0.3) is 0 Å². The second-order valence-electron chi connectivity index (χ2n) is 6.45. The van der Waals surface area contributed by atoms with Crippen molar-refractivity contribution in [3.63, 3.8) is 0 Å². The van der Waals surface area contributed by atoms with E-state index in [0.29, 0.717) is 30.2 Å². The largest absolute Gasteiger partial charge is 0.495 e. The average Bonchev–Trinajstić information content (AvgIpc) is 3.35. The number of thiophene rings is 1. The van der Waals surface area contributed by atoms with E-state index in [1.165, 1.54) is 14.0 Å². The van der Waals surface area contributed by atoms with E-state index in [4.69, 9.17) is 9.15 Å². The number of nitrogens with one attached hydrogen (secondary N) is 2. The molecule has 0 radical (unpaired) electrons. The summed E-state index contributed by atoms with van der Waals surface area (Å²) >= 11 is 1.64. The van der Waals surface area contributed by atoms with E-state index in [9.17, 15) is 9.59 Å². The standard InChI is InChI=1S/C21H23N3O4S/c1-15(25)22-16-7-8-20(27-2)19(11-16)23-21(26)14-24(12-17-5-3-9-28-17)13-18-6-4-10-29-18/h3-11H,12-14H2,1-2H3,(H,22,25)(H,23,26). The minimum atomic E-state index is -0.189. The van der Waals surface area contributed by atoms with Crippen molar-refractivity contribution in [1.29, 1.82) is 0 Å². The van der Waals surface area contributed by atoms with Gasteiger partial charge in [-0.25, -0.2) is 0 Å². The summed E-state index contributed by atoms with van der Waals surface area (Å²) in [6, 6.07) is 12.8. The molecule has 2 heterocycles. The maximum Gasteiger partial charge on any atom is 0.238 e. The van der Waals surface area contributed by atoms with Crippen molar-refractivity contribution in [2.45, 2.75) is 20.0 Å². The Hall–Kier alpha value is -3.10. The van der Waals surface area contributed by atoms with Gasteiger partial charge in [-0.2, -0.15) is 0 Å². The highest BCUT2D eigenvalue weighted by molar-refractivity contribution is 7.09. The van der Waals surface area contributed by atoms with E-state index in [2.05, 4.69) is 10.6 Å². The lowest BCUT2D eigenvalue weighted by molar-refractivity contribution is -0.117. The first-order chi connectivity index (χ1) is 14.0. The average molecular weight is 413 g/mol. The number of furan rings is 1. The number of ether oxygens (including phenoxy) is 1. The normalized spacial score (nSPS) is 10.7. The summed E-state index contributed by atoms with van der Waals surface area (Å²) in [5.41, 5.74) is 1.08. The van der Waals surface area contributed by atoms with Gasteiger partial charge in [0.25, 0.3) is 0 Å². The van der Waals surface area contributed by atoms with Gasteiger partial charge in [-0.05, 0) is 41.8 Å². The van der Waals surface area contributed by atoms with Gasteiger partial charge in [0, 0.05) is 24.0 Å². The smallest absolute Gasteiger partial charge is 0.238 e. The molecule has 0 bridgehead atoms. The maximum absolute atomic E-state index is 12.8. The number of carbonyl (C=O) groups is 2. The highest BCUT2D eigenvalue weighted by atomic mass is 32.1. The van der Waals surface area contributed by atoms with Gasteiger partial charge in [-0.3, -0.25) is 14.5 Å². The number of methoxy groups -OCH3 is 1. The zero-order chi connectivity index (χ0) is 20.6. The van der Waals surface area contributed by atoms with Crippen molar-refractivity contribution in [3.05, 3.63) is 64.7 Å². The number of amides is 2. The fourth-order valence-electron chi connectivity index (χ4n) is 2.89. The summed E-state index contributed by atoms with van der Waals surface area (Å²) < 4.78 is 10.8. The molecular weight excluding hydrogens is 390 g/mol. The van der Waals surface area contributed by atoms with E-state index in [0.717, 1.165) is 10.6 Å². The van der Waals surface area contributed by atoms with Crippen molar-refractivity contribution in [2.75, 3.05) is 24.3 Å². The Morgan fingerprint density at radius 3 is 2.66 bits per heavy atom. The first-order valence-electron chi connectivity index (χ1n) is 9.06. The van der Waals surface area contributed by atoms with Gasteiger partial charge in [0.15, 0.2) is 0 Å². The van der Waals surface area contributed by atoms with Gasteiger partial charge in [0.1, 0.15) is 11.5 Å². The molecule has 0 saturated carbocycles. The molecule has 152 valence electrons. The number of hydrogen-bond acceptors (Lipinski definition) is 6. The van der Waals surface area contributed by atoms with Crippen molar-refractivity contribution in [2.24, 2.45) is 0 Å². The predicted octanol–water partition coefficient (Wildman–Crippen LogP) is 3.95. The van der Waals surface area contributed by atoms with Crippen molar-refractivity contribution < 1.29 is 18.7 Å². The molecule has 0 spiro atoms. The van der Waals surface area contributed by atoms with Gasteiger partial charge >= 0.3 is 0 Å². The molecule has 1 aromatic carbocycles. The third kappa shape index (κ3) is 6.20. The molecule has 0 aliphatic rings.